The van der Waals surface area contributed by atoms with Gasteiger partial charge in [0.15, 0.2) is 11.6 Å². The molecule has 2 aromatic rings. The van der Waals surface area contributed by atoms with E-state index in [1.54, 1.807) is 6.92 Å². The average molecular weight is 343 g/mol. The molecule has 1 aromatic carbocycles. The molecule has 1 aromatic heterocycles. The molecule has 2 heterocycles. The maximum Gasteiger partial charge on any atom is 0.273 e. The lowest BCUT2D eigenvalue weighted by Gasteiger charge is -2.24. The van der Waals surface area contributed by atoms with Crippen LogP contribution in [0.15, 0.2) is 30.3 Å². The summed E-state index contributed by atoms with van der Waals surface area (Å²) in [5.74, 6) is -2.40. The molecule has 1 N–H and O–H groups in total. The van der Waals surface area contributed by atoms with E-state index in [-0.39, 0.29) is 18.7 Å². The minimum absolute atomic E-state index is 0.0726. The third kappa shape index (κ3) is 3.21. The van der Waals surface area contributed by atoms with Crippen LogP contribution in [0.1, 0.15) is 39.8 Å². The molecule has 1 fully saturated rings. The van der Waals surface area contributed by atoms with Crippen molar-refractivity contribution in [3.63, 3.8) is 0 Å². The van der Waals surface area contributed by atoms with Crippen molar-refractivity contribution < 1.29 is 18.7 Å². The van der Waals surface area contributed by atoms with Gasteiger partial charge in [-0.25, -0.2) is 13.8 Å². The van der Waals surface area contributed by atoms with E-state index in [1.807, 2.05) is 6.07 Å². The number of hydrogen-bond acceptors (Lipinski definition) is 4. The Morgan fingerprint density at radius 3 is 2.72 bits per heavy atom. The number of hydrogen-bond donors (Lipinski definition) is 1. The van der Waals surface area contributed by atoms with Crippen LogP contribution in [0.4, 0.5) is 8.78 Å². The van der Waals surface area contributed by atoms with E-state index >= 15 is 0 Å². The summed E-state index contributed by atoms with van der Waals surface area (Å²) in [7, 11) is 0. The minimum atomic E-state index is -1.00. The van der Waals surface area contributed by atoms with Crippen LogP contribution in [0.3, 0.4) is 0 Å². The van der Waals surface area contributed by atoms with E-state index in [1.165, 1.54) is 23.1 Å². The predicted octanol–water partition coefficient (Wildman–Crippen LogP) is 2.49. The van der Waals surface area contributed by atoms with Gasteiger partial charge in [-0.1, -0.05) is 6.07 Å². The first-order chi connectivity index (χ1) is 11.9. The summed E-state index contributed by atoms with van der Waals surface area (Å²) in [6.45, 7) is 1.70. The summed E-state index contributed by atoms with van der Waals surface area (Å²) in [5, 5.41) is 18.9. The van der Waals surface area contributed by atoms with E-state index in [9.17, 15) is 18.7 Å². The lowest BCUT2D eigenvalue weighted by Crippen LogP contribution is -2.32. The summed E-state index contributed by atoms with van der Waals surface area (Å²) >= 11 is 0. The van der Waals surface area contributed by atoms with Crippen LogP contribution in [-0.2, 0) is 0 Å². The average Bonchev–Trinajstić information content (AvgIpc) is 2.98. The standard InChI is InChI=1S/C18H15F2N3O2/c1-10-12(8-21)3-5-16(22-10)18(25)23-9-13(24)7-17(23)11-2-4-14(19)15(20)6-11/h2-6,13,17,24H,7,9H2,1H3/t13-,17-/m1/s1. The Morgan fingerprint density at radius 1 is 1.32 bits per heavy atom. The number of rotatable bonds is 2. The zero-order valence-corrected chi connectivity index (χ0v) is 13.4. The van der Waals surface area contributed by atoms with Crippen LogP contribution >= 0.6 is 0 Å². The first-order valence-corrected chi connectivity index (χ1v) is 7.72. The molecule has 0 saturated carbocycles. The highest BCUT2D eigenvalue weighted by molar-refractivity contribution is 5.93. The Bertz CT molecular complexity index is 879. The molecule has 1 aliphatic rings. The number of likely N-dealkylation sites (tertiary alicyclic amines) is 1. The smallest absolute Gasteiger partial charge is 0.273 e. The van der Waals surface area contributed by atoms with Gasteiger partial charge in [0.1, 0.15) is 11.8 Å². The number of pyridine rings is 1. The van der Waals surface area contributed by atoms with Crippen LogP contribution in [0, 0.1) is 29.9 Å². The zero-order valence-electron chi connectivity index (χ0n) is 13.4. The number of nitriles is 1. The monoisotopic (exact) mass is 343 g/mol. The predicted molar refractivity (Wildman–Crippen MR) is 84.4 cm³/mol. The molecular weight excluding hydrogens is 328 g/mol. The molecule has 5 nitrogen and oxygen atoms in total. The Hall–Kier alpha value is -2.85. The number of aryl methyl sites for hydroxylation is 1. The lowest BCUT2D eigenvalue weighted by atomic mass is 10.0. The van der Waals surface area contributed by atoms with Crippen LogP contribution in [0.5, 0.6) is 0 Å². The summed E-state index contributed by atoms with van der Waals surface area (Å²) in [5.41, 5.74) is 1.35. The van der Waals surface area contributed by atoms with E-state index in [4.69, 9.17) is 5.26 Å². The molecule has 7 heteroatoms. The molecule has 3 rings (SSSR count). The number of β-amino-alcohol motifs (C(OH)–C–C–N with tert-alkyl or cyclic N) is 1. The normalized spacial score (nSPS) is 19.7. The van der Waals surface area contributed by atoms with Crippen LogP contribution < -0.4 is 0 Å². The molecule has 1 amide bonds. The number of benzene rings is 1. The maximum absolute atomic E-state index is 13.5. The highest BCUT2D eigenvalue weighted by atomic mass is 19.2. The summed E-state index contributed by atoms with van der Waals surface area (Å²) < 4.78 is 26.7. The topological polar surface area (TPSA) is 77.2 Å². The van der Waals surface area contributed by atoms with Gasteiger partial charge in [0.25, 0.3) is 5.91 Å². The first kappa shape index (κ1) is 17.0. The van der Waals surface area contributed by atoms with Gasteiger partial charge in [0.05, 0.1) is 23.4 Å². The number of amides is 1. The Morgan fingerprint density at radius 2 is 2.08 bits per heavy atom. The van der Waals surface area contributed by atoms with Crippen LogP contribution in [-0.4, -0.2) is 33.5 Å². The summed E-state index contributed by atoms with van der Waals surface area (Å²) in [6.07, 6.45) is -0.534. The largest absolute Gasteiger partial charge is 0.391 e. The van der Waals surface area contributed by atoms with Crippen molar-refractivity contribution in [1.29, 1.82) is 5.26 Å². The number of aliphatic hydroxyl groups is 1. The fourth-order valence-corrected chi connectivity index (χ4v) is 3.02. The van der Waals surface area contributed by atoms with Gasteiger partial charge in [-0.2, -0.15) is 5.26 Å². The van der Waals surface area contributed by atoms with Crippen molar-refractivity contribution in [3.05, 3.63) is 64.5 Å². The Balaban J connectivity index is 1.93. The second kappa shape index (κ2) is 6.57. The van der Waals surface area contributed by atoms with Gasteiger partial charge in [0.2, 0.25) is 0 Å². The molecule has 2 atom stereocenters. The number of aliphatic hydroxyl groups excluding tert-OH is 1. The molecule has 25 heavy (non-hydrogen) atoms. The number of carbonyl (C=O) groups is 1. The SMILES string of the molecule is Cc1nc(C(=O)N2C[C@H](O)C[C@@H]2c2ccc(F)c(F)c2)ccc1C#N. The van der Waals surface area contributed by atoms with E-state index < -0.39 is 29.7 Å². The highest BCUT2D eigenvalue weighted by Crippen LogP contribution is 2.34. The minimum Gasteiger partial charge on any atom is -0.391 e. The number of halogens is 2. The fraction of sp³-hybridized carbons (Fsp3) is 0.278. The third-order valence-electron chi connectivity index (χ3n) is 4.29. The van der Waals surface area contributed by atoms with Crippen LogP contribution in [0.25, 0.3) is 0 Å². The van der Waals surface area contributed by atoms with Crippen molar-refractivity contribution in [2.45, 2.75) is 25.5 Å². The first-order valence-electron chi connectivity index (χ1n) is 7.72. The van der Waals surface area contributed by atoms with Gasteiger partial charge in [-0.3, -0.25) is 4.79 Å². The quantitative estimate of drug-likeness (QED) is 0.909. The summed E-state index contributed by atoms with van der Waals surface area (Å²) in [6, 6.07) is 7.80. The highest BCUT2D eigenvalue weighted by Gasteiger charge is 2.36. The zero-order chi connectivity index (χ0) is 18.1. The Kier molecular flexibility index (Phi) is 4.47. The second-order valence-corrected chi connectivity index (χ2v) is 5.98. The lowest BCUT2D eigenvalue weighted by molar-refractivity contribution is 0.0709. The van der Waals surface area contributed by atoms with Crippen molar-refractivity contribution >= 4 is 5.91 Å². The molecular formula is C18H15F2N3O2. The third-order valence-corrected chi connectivity index (χ3v) is 4.29. The molecule has 128 valence electrons. The Labute approximate surface area is 143 Å². The molecule has 0 unspecified atom stereocenters. The molecule has 0 spiro atoms. The van der Waals surface area contributed by atoms with E-state index in [2.05, 4.69) is 4.98 Å². The molecule has 1 aliphatic heterocycles. The van der Waals surface area contributed by atoms with Gasteiger partial charge < -0.3 is 10.0 Å². The van der Waals surface area contributed by atoms with Crippen molar-refractivity contribution in [3.8, 4) is 6.07 Å². The van der Waals surface area contributed by atoms with Crippen molar-refractivity contribution in [2.75, 3.05) is 6.54 Å². The number of carbonyl (C=O) groups excluding carboxylic acids is 1. The molecule has 1 saturated heterocycles. The van der Waals surface area contributed by atoms with Gasteiger partial charge in [-0.05, 0) is 43.2 Å². The van der Waals surface area contributed by atoms with Crippen molar-refractivity contribution in [1.82, 2.24) is 9.88 Å². The van der Waals surface area contributed by atoms with Gasteiger partial charge in [-0.15, -0.1) is 0 Å². The number of nitrogens with zero attached hydrogens (tertiary/aromatic N) is 3. The maximum atomic E-state index is 13.5. The second-order valence-electron chi connectivity index (χ2n) is 5.98. The molecule has 0 radical (unpaired) electrons. The van der Waals surface area contributed by atoms with Crippen LogP contribution in [0.2, 0.25) is 0 Å². The van der Waals surface area contributed by atoms with E-state index in [0.717, 1.165) is 12.1 Å². The van der Waals surface area contributed by atoms with Crippen molar-refractivity contribution in [2.24, 2.45) is 0 Å². The summed E-state index contributed by atoms with van der Waals surface area (Å²) in [4.78, 5) is 18.3. The fourth-order valence-electron chi connectivity index (χ4n) is 3.02. The number of aromatic nitrogens is 1. The van der Waals surface area contributed by atoms with Gasteiger partial charge >= 0.3 is 0 Å². The van der Waals surface area contributed by atoms with E-state index in [0.29, 0.717) is 16.8 Å². The molecule has 0 bridgehead atoms. The molecule has 0 aliphatic carbocycles. The van der Waals surface area contributed by atoms with Gasteiger partial charge in [0, 0.05) is 6.54 Å².